The Hall–Kier alpha value is -1.59. The zero-order chi connectivity index (χ0) is 15.7. The lowest BCUT2D eigenvalue weighted by molar-refractivity contribution is -0.145. The predicted molar refractivity (Wildman–Crippen MR) is 87.5 cm³/mol. The van der Waals surface area contributed by atoms with E-state index < -0.39 is 11.9 Å². The Morgan fingerprint density at radius 2 is 2.23 bits per heavy atom. The van der Waals surface area contributed by atoms with Crippen molar-refractivity contribution >= 4 is 44.9 Å². The molecule has 1 aromatic carbocycles. The van der Waals surface area contributed by atoms with Gasteiger partial charge in [0.05, 0.1) is 12.3 Å². The van der Waals surface area contributed by atoms with Crippen LogP contribution in [0.2, 0.25) is 5.02 Å². The summed E-state index contributed by atoms with van der Waals surface area (Å²) in [6.07, 6.45) is 1.70. The highest BCUT2D eigenvalue weighted by Gasteiger charge is 2.28. The molecule has 1 N–H and O–H groups in total. The number of benzene rings is 1. The summed E-state index contributed by atoms with van der Waals surface area (Å²) in [5, 5.41) is 12.8. The fourth-order valence-corrected chi connectivity index (χ4v) is 3.99. The number of rotatable bonds is 3. The van der Waals surface area contributed by atoms with Gasteiger partial charge in [-0.2, -0.15) is 0 Å². The van der Waals surface area contributed by atoms with Crippen LogP contribution in [0.5, 0.6) is 0 Å². The second-order valence-corrected chi connectivity index (χ2v) is 6.94. The summed E-state index contributed by atoms with van der Waals surface area (Å²) < 4.78 is 1.11. The summed E-state index contributed by atoms with van der Waals surface area (Å²) in [7, 11) is 0. The lowest BCUT2D eigenvalue weighted by atomic mass is 9.97. The molecule has 0 aliphatic carbocycles. The smallest absolute Gasteiger partial charge is 0.308 e. The number of aliphatic carboxylic acids is 1. The molecule has 0 saturated carbocycles. The molecule has 0 spiro atoms. The number of nitrogens with zero attached hydrogens (tertiary/aromatic N) is 1. The first kappa shape index (κ1) is 15.3. The summed E-state index contributed by atoms with van der Waals surface area (Å²) in [5.41, 5.74) is 0.963. The van der Waals surface area contributed by atoms with Crippen LogP contribution in [0.3, 0.4) is 0 Å². The first-order chi connectivity index (χ1) is 10.5. The summed E-state index contributed by atoms with van der Waals surface area (Å²) in [6, 6.07) is 5.68. The quantitative estimate of drug-likeness (QED) is 0.933. The zero-order valence-corrected chi connectivity index (χ0v) is 13.5. The third-order valence-corrected chi connectivity index (χ3v) is 5.33. The van der Waals surface area contributed by atoms with Crippen molar-refractivity contribution in [3.8, 4) is 0 Å². The van der Waals surface area contributed by atoms with E-state index in [0.717, 1.165) is 22.1 Å². The van der Waals surface area contributed by atoms with E-state index in [2.05, 4.69) is 0 Å². The fourth-order valence-electron chi connectivity index (χ4n) is 2.87. The fraction of sp³-hybridized carbons (Fsp3) is 0.375. The highest BCUT2D eigenvalue weighted by Crippen LogP contribution is 2.29. The van der Waals surface area contributed by atoms with Gasteiger partial charge in [-0.15, -0.1) is 11.3 Å². The van der Waals surface area contributed by atoms with Gasteiger partial charge in [0.25, 0.3) is 0 Å². The van der Waals surface area contributed by atoms with Gasteiger partial charge in [-0.3, -0.25) is 9.59 Å². The predicted octanol–water partition coefficient (Wildman–Crippen LogP) is 3.42. The minimum atomic E-state index is -0.815. The van der Waals surface area contributed by atoms with Crippen LogP contribution in [0.4, 0.5) is 0 Å². The van der Waals surface area contributed by atoms with Crippen LogP contribution >= 0.6 is 22.9 Å². The molecule has 0 radical (unpaired) electrons. The van der Waals surface area contributed by atoms with Crippen LogP contribution in [0.1, 0.15) is 18.4 Å². The number of hydrogen-bond acceptors (Lipinski definition) is 3. The molecule has 1 aliphatic rings. The maximum atomic E-state index is 12.5. The van der Waals surface area contributed by atoms with Crippen LogP contribution in [0.25, 0.3) is 10.1 Å². The summed E-state index contributed by atoms with van der Waals surface area (Å²) in [5.74, 6) is -1.26. The van der Waals surface area contributed by atoms with Crippen molar-refractivity contribution in [3.63, 3.8) is 0 Å². The van der Waals surface area contributed by atoms with Gasteiger partial charge in [0.2, 0.25) is 5.91 Å². The number of piperidine rings is 1. The summed E-state index contributed by atoms with van der Waals surface area (Å²) in [6.45, 7) is 0.961. The molecular formula is C16H16ClNO3S. The number of carbonyl (C=O) groups is 2. The van der Waals surface area contributed by atoms with Gasteiger partial charge in [0, 0.05) is 22.8 Å². The van der Waals surface area contributed by atoms with E-state index in [-0.39, 0.29) is 5.91 Å². The molecule has 2 heterocycles. The van der Waals surface area contributed by atoms with E-state index in [9.17, 15) is 9.59 Å². The van der Waals surface area contributed by atoms with Crippen LogP contribution < -0.4 is 0 Å². The zero-order valence-electron chi connectivity index (χ0n) is 11.9. The second kappa shape index (κ2) is 6.26. The Labute approximate surface area is 137 Å². The molecule has 3 rings (SSSR count). The number of amides is 1. The van der Waals surface area contributed by atoms with Crippen molar-refractivity contribution in [1.82, 2.24) is 4.90 Å². The van der Waals surface area contributed by atoms with E-state index >= 15 is 0 Å². The van der Waals surface area contributed by atoms with Crippen LogP contribution in [0.15, 0.2) is 23.6 Å². The van der Waals surface area contributed by atoms with Crippen molar-refractivity contribution in [1.29, 1.82) is 0 Å². The molecule has 6 heteroatoms. The highest BCUT2D eigenvalue weighted by molar-refractivity contribution is 7.17. The lowest BCUT2D eigenvalue weighted by Crippen LogP contribution is -2.42. The van der Waals surface area contributed by atoms with Crippen molar-refractivity contribution in [2.75, 3.05) is 13.1 Å². The Bertz CT molecular complexity index is 727. The van der Waals surface area contributed by atoms with Crippen molar-refractivity contribution < 1.29 is 14.7 Å². The summed E-state index contributed by atoms with van der Waals surface area (Å²) >= 11 is 7.62. The van der Waals surface area contributed by atoms with Gasteiger partial charge in [-0.05, 0) is 47.4 Å². The van der Waals surface area contributed by atoms with Crippen LogP contribution in [-0.4, -0.2) is 35.0 Å². The Morgan fingerprint density at radius 3 is 3.00 bits per heavy atom. The maximum Gasteiger partial charge on any atom is 0.308 e. The molecule has 116 valence electrons. The van der Waals surface area contributed by atoms with Crippen molar-refractivity contribution in [2.45, 2.75) is 19.3 Å². The SMILES string of the molecule is O=C(O)[C@H]1CCCN(C(=O)Cc2csc3ccc(Cl)cc23)C1. The minimum absolute atomic E-state index is 0.00868. The number of halogens is 1. The molecular weight excluding hydrogens is 322 g/mol. The Morgan fingerprint density at radius 1 is 1.41 bits per heavy atom. The first-order valence-corrected chi connectivity index (χ1v) is 8.46. The number of carboxylic acids is 1. The maximum absolute atomic E-state index is 12.5. The number of fused-ring (bicyclic) bond motifs is 1. The Balaban J connectivity index is 1.75. The van der Waals surface area contributed by atoms with Crippen LogP contribution in [0, 0.1) is 5.92 Å². The third kappa shape index (κ3) is 3.10. The number of carbonyl (C=O) groups excluding carboxylic acids is 1. The molecule has 1 aromatic heterocycles. The lowest BCUT2D eigenvalue weighted by Gasteiger charge is -2.30. The van der Waals surface area contributed by atoms with Gasteiger partial charge in [-0.1, -0.05) is 11.6 Å². The monoisotopic (exact) mass is 337 g/mol. The largest absolute Gasteiger partial charge is 0.481 e. The molecule has 0 bridgehead atoms. The van der Waals surface area contributed by atoms with E-state index in [0.29, 0.717) is 31.0 Å². The number of likely N-dealkylation sites (tertiary alicyclic amines) is 1. The molecule has 1 aliphatic heterocycles. The molecule has 1 fully saturated rings. The number of carboxylic acid groups (broad SMARTS) is 1. The number of thiophene rings is 1. The van der Waals surface area contributed by atoms with Gasteiger partial charge in [0.1, 0.15) is 0 Å². The van der Waals surface area contributed by atoms with Crippen LogP contribution in [-0.2, 0) is 16.0 Å². The van der Waals surface area contributed by atoms with E-state index in [1.54, 1.807) is 16.2 Å². The highest BCUT2D eigenvalue weighted by atomic mass is 35.5. The summed E-state index contributed by atoms with van der Waals surface area (Å²) in [4.78, 5) is 25.2. The van der Waals surface area contributed by atoms with E-state index in [1.807, 2.05) is 23.6 Å². The van der Waals surface area contributed by atoms with E-state index in [1.165, 1.54) is 0 Å². The minimum Gasteiger partial charge on any atom is -0.481 e. The number of hydrogen-bond donors (Lipinski definition) is 1. The average Bonchev–Trinajstić information content (AvgIpc) is 2.89. The molecule has 1 saturated heterocycles. The topological polar surface area (TPSA) is 57.6 Å². The third-order valence-electron chi connectivity index (χ3n) is 4.08. The Kier molecular flexibility index (Phi) is 4.36. The van der Waals surface area contributed by atoms with E-state index in [4.69, 9.17) is 16.7 Å². The van der Waals surface area contributed by atoms with Gasteiger partial charge >= 0.3 is 5.97 Å². The van der Waals surface area contributed by atoms with Gasteiger partial charge in [-0.25, -0.2) is 0 Å². The molecule has 1 atom stereocenters. The normalized spacial score (nSPS) is 18.6. The first-order valence-electron chi connectivity index (χ1n) is 7.21. The standard InChI is InChI=1S/C16H16ClNO3S/c17-12-3-4-14-13(7-12)11(9-22-14)6-15(19)18-5-1-2-10(8-18)16(20)21/h3-4,7,9-10H,1-2,5-6,8H2,(H,20,21)/t10-/m0/s1. The average molecular weight is 338 g/mol. The van der Waals surface area contributed by atoms with Crippen molar-refractivity contribution in [2.24, 2.45) is 5.92 Å². The molecule has 1 amide bonds. The molecule has 4 nitrogen and oxygen atoms in total. The van der Waals surface area contributed by atoms with Gasteiger partial charge in [0.15, 0.2) is 0 Å². The molecule has 2 aromatic rings. The molecule has 0 unspecified atom stereocenters. The van der Waals surface area contributed by atoms with Gasteiger partial charge < -0.3 is 10.0 Å². The van der Waals surface area contributed by atoms with Crippen molar-refractivity contribution in [3.05, 3.63) is 34.2 Å². The molecule has 22 heavy (non-hydrogen) atoms. The second-order valence-electron chi connectivity index (χ2n) is 5.60.